The number of nitrogens with one attached hydrogen (secondary N) is 1. The van der Waals surface area contributed by atoms with E-state index in [-0.39, 0.29) is 21.7 Å². The van der Waals surface area contributed by atoms with Crippen molar-refractivity contribution in [3.63, 3.8) is 0 Å². The second kappa shape index (κ2) is 6.36. The summed E-state index contributed by atoms with van der Waals surface area (Å²) < 4.78 is 39.8. The Labute approximate surface area is 124 Å². The molecule has 0 aliphatic rings. The molecule has 19 heavy (non-hydrogen) atoms. The number of rotatable bonds is 5. The van der Waals surface area contributed by atoms with Gasteiger partial charge in [0.15, 0.2) is 5.82 Å². The van der Waals surface area contributed by atoms with E-state index in [1.807, 2.05) is 0 Å². The molecular formula is C10H13BrClFN2O3S. The highest BCUT2D eigenvalue weighted by Crippen LogP contribution is 2.34. The van der Waals surface area contributed by atoms with E-state index in [9.17, 15) is 17.9 Å². The predicted molar refractivity (Wildman–Crippen MR) is 75.0 cm³/mol. The van der Waals surface area contributed by atoms with Gasteiger partial charge in [0.1, 0.15) is 4.90 Å². The summed E-state index contributed by atoms with van der Waals surface area (Å²) in [5, 5.41) is 9.29. The summed E-state index contributed by atoms with van der Waals surface area (Å²) in [5.41, 5.74) is 5.03. The molecule has 0 saturated carbocycles. The van der Waals surface area contributed by atoms with Crippen molar-refractivity contribution in [2.24, 2.45) is 0 Å². The van der Waals surface area contributed by atoms with Gasteiger partial charge < -0.3 is 10.8 Å². The molecule has 1 unspecified atom stereocenters. The van der Waals surface area contributed by atoms with Gasteiger partial charge in [-0.05, 0) is 28.4 Å². The van der Waals surface area contributed by atoms with Crippen LogP contribution in [0.15, 0.2) is 15.4 Å². The van der Waals surface area contributed by atoms with Crippen LogP contribution in [-0.4, -0.2) is 26.2 Å². The molecule has 0 radical (unpaired) electrons. The first kappa shape index (κ1) is 16.6. The molecule has 0 heterocycles. The first-order valence-electron chi connectivity index (χ1n) is 5.31. The fraction of sp³-hybridized carbons (Fsp3) is 0.400. The number of hydrogen-bond acceptors (Lipinski definition) is 4. The van der Waals surface area contributed by atoms with Crippen molar-refractivity contribution in [2.45, 2.75) is 24.3 Å². The third kappa shape index (κ3) is 3.79. The molecule has 0 aliphatic heterocycles. The maximum Gasteiger partial charge on any atom is 0.243 e. The molecule has 0 bridgehead atoms. The molecule has 0 aliphatic carbocycles. The summed E-state index contributed by atoms with van der Waals surface area (Å²) in [4.78, 5) is -0.651. The second-order valence-electron chi connectivity index (χ2n) is 3.81. The molecule has 4 N–H and O–H groups in total. The third-order valence-corrected chi connectivity index (χ3v) is 5.23. The minimum Gasteiger partial charge on any atom is -0.395 e. The zero-order chi connectivity index (χ0) is 14.8. The monoisotopic (exact) mass is 374 g/mol. The van der Waals surface area contributed by atoms with Crippen molar-refractivity contribution >= 4 is 43.2 Å². The highest BCUT2D eigenvalue weighted by molar-refractivity contribution is 9.10. The van der Waals surface area contributed by atoms with Gasteiger partial charge in [-0.3, -0.25) is 0 Å². The normalized spacial score (nSPS) is 13.5. The molecule has 0 fully saturated rings. The maximum absolute atomic E-state index is 13.8. The first-order chi connectivity index (χ1) is 8.70. The Balaban J connectivity index is 3.16. The number of hydrogen-bond donors (Lipinski definition) is 3. The van der Waals surface area contributed by atoms with Gasteiger partial charge in [0.05, 0.1) is 21.3 Å². The Bertz CT molecular complexity index is 583. The van der Waals surface area contributed by atoms with Crippen molar-refractivity contribution in [1.29, 1.82) is 0 Å². The summed E-state index contributed by atoms with van der Waals surface area (Å²) in [7, 11) is -4.13. The second-order valence-corrected chi connectivity index (χ2v) is 6.75. The van der Waals surface area contributed by atoms with E-state index in [1.54, 1.807) is 6.92 Å². The zero-order valence-corrected chi connectivity index (χ0v) is 13.1. The minimum absolute atomic E-state index is 0.0182. The lowest BCUT2D eigenvalue weighted by atomic mass is 10.3. The maximum atomic E-state index is 13.8. The van der Waals surface area contributed by atoms with E-state index in [1.165, 1.54) is 0 Å². The van der Waals surface area contributed by atoms with E-state index in [0.717, 1.165) is 6.07 Å². The lowest BCUT2D eigenvalue weighted by molar-refractivity contribution is 0.174. The van der Waals surface area contributed by atoms with Crippen molar-refractivity contribution in [2.75, 3.05) is 12.3 Å². The van der Waals surface area contributed by atoms with E-state index in [4.69, 9.17) is 17.3 Å². The molecule has 0 spiro atoms. The van der Waals surface area contributed by atoms with Crippen LogP contribution in [0.25, 0.3) is 0 Å². The topological polar surface area (TPSA) is 92.4 Å². The smallest absolute Gasteiger partial charge is 0.243 e. The molecule has 5 nitrogen and oxygen atoms in total. The highest BCUT2D eigenvalue weighted by Gasteiger charge is 2.24. The fourth-order valence-electron chi connectivity index (χ4n) is 1.22. The zero-order valence-electron chi connectivity index (χ0n) is 9.95. The number of nitrogen functional groups attached to an aromatic ring is 1. The van der Waals surface area contributed by atoms with E-state index >= 15 is 0 Å². The molecule has 1 aromatic rings. The van der Waals surface area contributed by atoms with E-state index in [0.29, 0.717) is 6.42 Å². The lowest BCUT2D eigenvalue weighted by Crippen LogP contribution is -2.32. The largest absolute Gasteiger partial charge is 0.395 e. The van der Waals surface area contributed by atoms with Crippen LogP contribution < -0.4 is 10.5 Å². The Morgan fingerprint density at radius 2 is 2.21 bits per heavy atom. The minimum atomic E-state index is -4.13. The summed E-state index contributed by atoms with van der Waals surface area (Å²) in [5.74, 6) is -1.09. The van der Waals surface area contributed by atoms with Crippen LogP contribution >= 0.6 is 27.5 Å². The van der Waals surface area contributed by atoms with E-state index in [2.05, 4.69) is 20.7 Å². The number of halogens is 3. The summed E-state index contributed by atoms with van der Waals surface area (Å²) in [6, 6.07) is 0.956. The molecule has 108 valence electrons. The molecule has 9 heteroatoms. The van der Waals surface area contributed by atoms with Crippen LogP contribution in [0.2, 0.25) is 5.02 Å². The lowest BCUT2D eigenvalue weighted by Gasteiger charge is -2.13. The van der Waals surface area contributed by atoms with Crippen LogP contribution in [0.5, 0.6) is 0 Å². The molecule has 1 atom stereocenters. The van der Waals surface area contributed by atoms with Gasteiger partial charge in [0, 0.05) is 6.54 Å². The van der Waals surface area contributed by atoms with Crippen molar-refractivity contribution < 1.29 is 17.9 Å². The summed E-state index contributed by atoms with van der Waals surface area (Å²) in [6.45, 7) is 1.47. The van der Waals surface area contributed by atoms with Gasteiger partial charge in [0.2, 0.25) is 10.0 Å². The average Bonchev–Trinajstić information content (AvgIpc) is 2.37. The summed E-state index contributed by atoms with van der Waals surface area (Å²) in [6.07, 6.45) is -0.477. The van der Waals surface area contributed by atoms with Gasteiger partial charge in [0.25, 0.3) is 0 Å². The molecule has 0 saturated heterocycles. The van der Waals surface area contributed by atoms with Crippen LogP contribution in [0, 0.1) is 5.82 Å². The molecule has 0 amide bonds. The number of benzene rings is 1. The molecular weight excluding hydrogens is 363 g/mol. The number of aliphatic hydroxyl groups is 1. The number of anilines is 1. The average molecular weight is 376 g/mol. The van der Waals surface area contributed by atoms with Crippen molar-refractivity contribution in [1.82, 2.24) is 4.72 Å². The Morgan fingerprint density at radius 3 is 2.74 bits per heavy atom. The standard InChI is InChI=1S/C10H13BrClFN2O3S/c1-2-5(16)4-15-19(17,18)7-3-6(12)8(11)10(14)9(7)13/h3,5,15-16H,2,4,14H2,1H3. The van der Waals surface area contributed by atoms with Crippen LogP contribution in [0.1, 0.15) is 13.3 Å². The van der Waals surface area contributed by atoms with Gasteiger partial charge >= 0.3 is 0 Å². The number of aliphatic hydroxyl groups excluding tert-OH is 1. The fourth-order valence-corrected chi connectivity index (χ4v) is 2.97. The SMILES string of the molecule is CCC(O)CNS(=O)(=O)c1cc(Cl)c(Br)c(N)c1F. The first-order valence-corrected chi connectivity index (χ1v) is 7.96. The quantitative estimate of drug-likeness (QED) is 0.541. The Morgan fingerprint density at radius 1 is 1.63 bits per heavy atom. The van der Waals surface area contributed by atoms with Gasteiger partial charge in [-0.2, -0.15) is 0 Å². The van der Waals surface area contributed by atoms with Gasteiger partial charge in [-0.15, -0.1) is 0 Å². The highest BCUT2D eigenvalue weighted by atomic mass is 79.9. The molecule has 0 aromatic heterocycles. The third-order valence-electron chi connectivity index (χ3n) is 2.43. The van der Waals surface area contributed by atoms with Gasteiger partial charge in [-0.25, -0.2) is 17.5 Å². The Hall–Kier alpha value is -0.410. The van der Waals surface area contributed by atoms with Crippen LogP contribution in [0.3, 0.4) is 0 Å². The van der Waals surface area contributed by atoms with Crippen molar-refractivity contribution in [3.8, 4) is 0 Å². The molecule has 1 rings (SSSR count). The van der Waals surface area contributed by atoms with E-state index < -0.39 is 26.8 Å². The van der Waals surface area contributed by atoms with Crippen LogP contribution in [-0.2, 0) is 10.0 Å². The number of nitrogens with two attached hydrogens (primary N) is 1. The number of sulfonamides is 1. The van der Waals surface area contributed by atoms with Gasteiger partial charge in [-0.1, -0.05) is 18.5 Å². The predicted octanol–water partition coefficient (Wildman–Crippen LogP) is 1.87. The molecule has 1 aromatic carbocycles. The summed E-state index contributed by atoms with van der Waals surface area (Å²) >= 11 is 8.70. The Kier molecular flexibility index (Phi) is 5.57. The van der Waals surface area contributed by atoms with Crippen molar-refractivity contribution in [3.05, 3.63) is 21.4 Å². The van der Waals surface area contributed by atoms with Crippen LogP contribution in [0.4, 0.5) is 10.1 Å².